The van der Waals surface area contributed by atoms with Crippen LogP contribution in [0.25, 0.3) is 0 Å². The SMILES string of the molecule is CC(=O)c1ccc(N(CC(=O)N(C)Cc2ccccc2)C(C)=O)cc1. The maximum absolute atomic E-state index is 12.5. The second kappa shape index (κ2) is 8.24. The zero-order valence-corrected chi connectivity index (χ0v) is 14.7. The highest BCUT2D eigenvalue weighted by Crippen LogP contribution is 2.16. The third-order valence-electron chi connectivity index (χ3n) is 3.95. The Morgan fingerprint density at radius 2 is 1.48 bits per heavy atom. The number of hydrogen-bond acceptors (Lipinski definition) is 3. The van der Waals surface area contributed by atoms with Gasteiger partial charge >= 0.3 is 0 Å². The van der Waals surface area contributed by atoms with Crippen LogP contribution in [0.5, 0.6) is 0 Å². The number of amides is 2. The van der Waals surface area contributed by atoms with Gasteiger partial charge in [0.1, 0.15) is 6.54 Å². The summed E-state index contributed by atoms with van der Waals surface area (Å²) in [5.41, 5.74) is 2.19. The number of benzene rings is 2. The topological polar surface area (TPSA) is 57.7 Å². The van der Waals surface area contributed by atoms with Crippen molar-refractivity contribution in [1.29, 1.82) is 0 Å². The third-order valence-corrected chi connectivity index (χ3v) is 3.95. The minimum atomic E-state index is -0.225. The number of anilines is 1. The molecule has 2 rings (SSSR count). The first-order valence-electron chi connectivity index (χ1n) is 8.05. The Morgan fingerprint density at radius 3 is 2.00 bits per heavy atom. The molecule has 0 aliphatic carbocycles. The van der Waals surface area contributed by atoms with Crippen molar-refractivity contribution in [2.75, 3.05) is 18.5 Å². The smallest absolute Gasteiger partial charge is 0.242 e. The third kappa shape index (κ3) is 5.01. The fourth-order valence-electron chi connectivity index (χ4n) is 2.46. The second-order valence-electron chi connectivity index (χ2n) is 5.94. The molecule has 2 aromatic carbocycles. The average Bonchev–Trinajstić information content (AvgIpc) is 2.60. The maximum Gasteiger partial charge on any atom is 0.242 e. The number of ketones is 1. The van der Waals surface area contributed by atoms with E-state index in [0.29, 0.717) is 17.8 Å². The van der Waals surface area contributed by atoms with E-state index < -0.39 is 0 Å². The Balaban J connectivity index is 2.08. The van der Waals surface area contributed by atoms with Crippen LogP contribution in [0, 0.1) is 0 Å². The lowest BCUT2D eigenvalue weighted by molar-refractivity contribution is -0.130. The molecule has 130 valence electrons. The van der Waals surface area contributed by atoms with E-state index in [2.05, 4.69) is 0 Å². The molecular weight excluding hydrogens is 316 g/mol. The van der Waals surface area contributed by atoms with Gasteiger partial charge in [-0.1, -0.05) is 30.3 Å². The van der Waals surface area contributed by atoms with Crippen molar-refractivity contribution in [1.82, 2.24) is 4.90 Å². The number of carbonyl (C=O) groups excluding carboxylic acids is 3. The molecule has 0 spiro atoms. The van der Waals surface area contributed by atoms with E-state index >= 15 is 0 Å². The van der Waals surface area contributed by atoms with Gasteiger partial charge in [-0.25, -0.2) is 0 Å². The normalized spacial score (nSPS) is 10.2. The van der Waals surface area contributed by atoms with Gasteiger partial charge in [0.25, 0.3) is 0 Å². The molecule has 0 atom stereocenters. The van der Waals surface area contributed by atoms with Crippen LogP contribution in [0.1, 0.15) is 29.8 Å². The molecule has 2 aromatic rings. The summed E-state index contributed by atoms with van der Waals surface area (Å²) < 4.78 is 0. The van der Waals surface area contributed by atoms with Crippen molar-refractivity contribution in [3.63, 3.8) is 0 Å². The predicted molar refractivity (Wildman–Crippen MR) is 97.4 cm³/mol. The summed E-state index contributed by atoms with van der Waals surface area (Å²) in [7, 11) is 1.71. The first-order chi connectivity index (χ1) is 11.9. The molecule has 25 heavy (non-hydrogen) atoms. The Hall–Kier alpha value is -2.95. The largest absolute Gasteiger partial charge is 0.340 e. The standard InChI is InChI=1S/C20H22N2O3/c1-15(23)18-9-11-19(12-10-18)22(16(2)24)14-20(25)21(3)13-17-7-5-4-6-8-17/h4-12H,13-14H2,1-3H3. The van der Waals surface area contributed by atoms with Crippen molar-refractivity contribution in [2.24, 2.45) is 0 Å². The first kappa shape index (κ1) is 18.4. The lowest BCUT2D eigenvalue weighted by Gasteiger charge is -2.24. The minimum Gasteiger partial charge on any atom is -0.340 e. The van der Waals surface area contributed by atoms with E-state index in [1.807, 2.05) is 30.3 Å². The van der Waals surface area contributed by atoms with E-state index in [4.69, 9.17) is 0 Å². The van der Waals surface area contributed by atoms with E-state index in [9.17, 15) is 14.4 Å². The average molecular weight is 338 g/mol. The Morgan fingerprint density at radius 1 is 0.880 bits per heavy atom. The van der Waals surface area contributed by atoms with Crippen molar-refractivity contribution in [2.45, 2.75) is 20.4 Å². The molecular formula is C20H22N2O3. The van der Waals surface area contributed by atoms with Gasteiger partial charge < -0.3 is 9.80 Å². The van der Waals surface area contributed by atoms with Crippen LogP contribution in [0.15, 0.2) is 54.6 Å². The zero-order valence-electron chi connectivity index (χ0n) is 14.7. The van der Waals surface area contributed by atoms with Crippen LogP contribution in [-0.2, 0) is 16.1 Å². The van der Waals surface area contributed by atoms with Gasteiger partial charge in [0.15, 0.2) is 5.78 Å². The molecule has 0 aliphatic rings. The van der Waals surface area contributed by atoms with Crippen LogP contribution in [-0.4, -0.2) is 36.1 Å². The van der Waals surface area contributed by atoms with E-state index in [0.717, 1.165) is 5.56 Å². The molecule has 5 nitrogen and oxygen atoms in total. The lowest BCUT2D eigenvalue weighted by atomic mass is 10.1. The van der Waals surface area contributed by atoms with Gasteiger partial charge in [-0.2, -0.15) is 0 Å². The van der Waals surface area contributed by atoms with Crippen molar-refractivity contribution < 1.29 is 14.4 Å². The van der Waals surface area contributed by atoms with Crippen LogP contribution in [0.2, 0.25) is 0 Å². The fourth-order valence-corrected chi connectivity index (χ4v) is 2.46. The summed E-state index contributed by atoms with van der Waals surface area (Å²) in [6, 6.07) is 16.4. The summed E-state index contributed by atoms with van der Waals surface area (Å²) in [6.07, 6.45) is 0. The van der Waals surface area contributed by atoms with Gasteiger partial charge in [-0.15, -0.1) is 0 Å². The van der Waals surface area contributed by atoms with Gasteiger partial charge in [0.05, 0.1) is 0 Å². The molecule has 0 unspecified atom stereocenters. The van der Waals surface area contributed by atoms with E-state index in [1.54, 1.807) is 36.2 Å². The molecule has 0 fully saturated rings. The quantitative estimate of drug-likeness (QED) is 0.761. The number of nitrogens with zero attached hydrogens (tertiary/aromatic N) is 2. The van der Waals surface area contributed by atoms with Crippen LogP contribution in [0.3, 0.4) is 0 Å². The Labute approximate surface area is 147 Å². The van der Waals surface area contributed by atoms with Crippen LogP contribution < -0.4 is 4.90 Å². The fraction of sp³-hybridized carbons (Fsp3) is 0.250. The van der Waals surface area contributed by atoms with Gasteiger partial charge in [0.2, 0.25) is 11.8 Å². The molecule has 0 saturated heterocycles. The van der Waals surface area contributed by atoms with E-state index in [-0.39, 0.29) is 24.1 Å². The maximum atomic E-state index is 12.5. The zero-order chi connectivity index (χ0) is 18.4. The van der Waals surface area contributed by atoms with Crippen molar-refractivity contribution >= 4 is 23.3 Å². The summed E-state index contributed by atoms with van der Waals surface area (Å²) in [5.74, 6) is -0.425. The Bertz CT molecular complexity index is 754. The molecule has 0 N–H and O–H groups in total. The predicted octanol–water partition coefficient (Wildman–Crippen LogP) is 2.90. The van der Waals surface area contributed by atoms with Gasteiger partial charge in [-0.3, -0.25) is 14.4 Å². The molecule has 0 saturated carbocycles. The van der Waals surface area contributed by atoms with Crippen LogP contribution in [0.4, 0.5) is 5.69 Å². The lowest BCUT2D eigenvalue weighted by Crippen LogP contribution is -2.40. The summed E-state index contributed by atoms with van der Waals surface area (Å²) >= 11 is 0. The highest BCUT2D eigenvalue weighted by Gasteiger charge is 2.18. The number of rotatable bonds is 6. The number of likely N-dealkylation sites (N-methyl/N-ethyl adjacent to an activating group) is 1. The highest BCUT2D eigenvalue weighted by atomic mass is 16.2. The number of Topliss-reactive ketones (excluding diaryl/α,β-unsaturated/α-hetero) is 1. The molecule has 0 aromatic heterocycles. The molecule has 2 amide bonds. The summed E-state index contributed by atoms with van der Waals surface area (Å²) in [6.45, 7) is 3.34. The number of hydrogen-bond donors (Lipinski definition) is 0. The minimum absolute atomic E-state index is 0.0420. The van der Waals surface area contributed by atoms with E-state index in [1.165, 1.54) is 18.7 Å². The van der Waals surface area contributed by atoms with Gasteiger partial charge in [0, 0.05) is 31.8 Å². The second-order valence-corrected chi connectivity index (χ2v) is 5.94. The first-order valence-corrected chi connectivity index (χ1v) is 8.05. The summed E-state index contributed by atoms with van der Waals surface area (Å²) in [5, 5.41) is 0. The molecule has 0 bridgehead atoms. The molecule has 0 aliphatic heterocycles. The molecule has 0 heterocycles. The monoisotopic (exact) mass is 338 g/mol. The van der Waals surface area contributed by atoms with Crippen molar-refractivity contribution in [3.8, 4) is 0 Å². The molecule has 5 heteroatoms. The Kier molecular flexibility index (Phi) is 6.06. The molecule has 0 radical (unpaired) electrons. The van der Waals surface area contributed by atoms with Crippen molar-refractivity contribution in [3.05, 3.63) is 65.7 Å². The highest BCUT2D eigenvalue weighted by molar-refractivity contribution is 5.98. The number of carbonyl (C=O) groups is 3. The van der Waals surface area contributed by atoms with Gasteiger partial charge in [-0.05, 0) is 36.8 Å². The summed E-state index contributed by atoms with van der Waals surface area (Å²) in [4.78, 5) is 38.8. The van der Waals surface area contributed by atoms with Crippen LogP contribution >= 0.6 is 0 Å².